The number of likely N-dealkylation sites (N-methyl/N-ethyl adjacent to an activating group) is 1. The van der Waals surface area contributed by atoms with Gasteiger partial charge in [-0.15, -0.1) is 0 Å². The summed E-state index contributed by atoms with van der Waals surface area (Å²) >= 11 is 0. The highest BCUT2D eigenvalue weighted by Crippen LogP contribution is 2.18. The number of amides is 1. The minimum Gasteiger partial charge on any atom is -0.336 e. The third-order valence-corrected chi connectivity index (χ3v) is 6.36. The SMILES string of the molecule is CC1CN(C(=O)c2ccc(S(=O)(=O)N(C)C)cc2)CC(C)N1C. The van der Waals surface area contributed by atoms with Crippen molar-refractivity contribution in [1.82, 2.24) is 14.1 Å². The number of sulfonamides is 1. The molecule has 6 nitrogen and oxygen atoms in total. The fraction of sp³-hybridized carbons (Fsp3) is 0.562. The van der Waals surface area contributed by atoms with E-state index in [1.54, 1.807) is 12.1 Å². The molecule has 0 saturated carbocycles. The Balaban J connectivity index is 2.18. The van der Waals surface area contributed by atoms with Crippen molar-refractivity contribution in [1.29, 1.82) is 0 Å². The van der Waals surface area contributed by atoms with E-state index in [9.17, 15) is 13.2 Å². The summed E-state index contributed by atoms with van der Waals surface area (Å²) in [7, 11) is 1.58. The summed E-state index contributed by atoms with van der Waals surface area (Å²) < 4.78 is 25.3. The lowest BCUT2D eigenvalue weighted by atomic mass is 10.1. The van der Waals surface area contributed by atoms with Crippen molar-refractivity contribution in [2.75, 3.05) is 34.2 Å². The molecule has 0 radical (unpaired) electrons. The molecule has 0 bridgehead atoms. The van der Waals surface area contributed by atoms with Crippen LogP contribution in [0.25, 0.3) is 0 Å². The lowest BCUT2D eigenvalue weighted by Crippen LogP contribution is -2.56. The number of nitrogens with zero attached hydrogens (tertiary/aromatic N) is 3. The van der Waals surface area contributed by atoms with Crippen LogP contribution >= 0.6 is 0 Å². The topological polar surface area (TPSA) is 60.9 Å². The number of piperazine rings is 1. The number of hydrogen-bond donors (Lipinski definition) is 0. The van der Waals surface area contributed by atoms with Crippen LogP contribution in [0.2, 0.25) is 0 Å². The van der Waals surface area contributed by atoms with Crippen molar-refractivity contribution >= 4 is 15.9 Å². The fourth-order valence-corrected chi connectivity index (χ4v) is 3.63. The lowest BCUT2D eigenvalue weighted by Gasteiger charge is -2.42. The molecule has 0 N–H and O–H groups in total. The van der Waals surface area contributed by atoms with E-state index in [2.05, 4.69) is 25.8 Å². The van der Waals surface area contributed by atoms with Gasteiger partial charge in [0.1, 0.15) is 0 Å². The molecule has 0 aliphatic carbocycles. The average Bonchev–Trinajstić information content (AvgIpc) is 2.51. The molecule has 1 fully saturated rings. The first-order chi connectivity index (χ1) is 10.6. The van der Waals surface area contributed by atoms with Gasteiger partial charge in [0.15, 0.2) is 0 Å². The summed E-state index contributed by atoms with van der Waals surface area (Å²) in [4.78, 5) is 16.9. The second kappa shape index (κ2) is 6.59. The van der Waals surface area contributed by atoms with Crippen molar-refractivity contribution in [3.05, 3.63) is 29.8 Å². The van der Waals surface area contributed by atoms with Crippen molar-refractivity contribution < 1.29 is 13.2 Å². The van der Waals surface area contributed by atoms with Gasteiger partial charge in [0.2, 0.25) is 10.0 Å². The maximum Gasteiger partial charge on any atom is 0.253 e. The number of carbonyl (C=O) groups excluding carboxylic acids is 1. The quantitative estimate of drug-likeness (QED) is 0.827. The van der Waals surface area contributed by atoms with Crippen LogP contribution in [0.5, 0.6) is 0 Å². The van der Waals surface area contributed by atoms with Gasteiger partial charge in [-0.05, 0) is 45.2 Å². The van der Waals surface area contributed by atoms with Gasteiger partial charge in [-0.3, -0.25) is 9.69 Å². The second-order valence-corrected chi connectivity index (χ2v) is 8.54. The maximum absolute atomic E-state index is 12.6. The normalized spacial score (nSPS) is 23.3. The van der Waals surface area contributed by atoms with Crippen LogP contribution < -0.4 is 0 Å². The Morgan fingerprint density at radius 1 is 1.09 bits per heavy atom. The molecule has 1 aromatic rings. The van der Waals surface area contributed by atoms with E-state index in [0.29, 0.717) is 30.7 Å². The van der Waals surface area contributed by atoms with Gasteiger partial charge in [0.05, 0.1) is 4.90 Å². The van der Waals surface area contributed by atoms with Gasteiger partial charge in [0, 0.05) is 44.8 Å². The molecule has 0 aromatic heterocycles. The Hall–Kier alpha value is -1.44. The Bertz CT molecular complexity index is 658. The van der Waals surface area contributed by atoms with Crippen LogP contribution in [0.4, 0.5) is 0 Å². The van der Waals surface area contributed by atoms with E-state index in [0.717, 1.165) is 4.31 Å². The molecule has 0 spiro atoms. The number of carbonyl (C=O) groups is 1. The van der Waals surface area contributed by atoms with Gasteiger partial charge in [-0.25, -0.2) is 12.7 Å². The third kappa shape index (κ3) is 3.57. The highest BCUT2D eigenvalue weighted by atomic mass is 32.2. The average molecular weight is 339 g/mol. The van der Waals surface area contributed by atoms with E-state index < -0.39 is 10.0 Å². The van der Waals surface area contributed by atoms with Crippen LogP contribution in [0.3, 0.4) is 0 Å². The minimum atomic E-state index is -3.47. The number of rotatable bonds is 3. The molecule has 1 aliphatic heterocycles. The molecule has 7 heteroatoms. The zero-order valence-electron chi connectivity index (χ0n) is 14.4. The van der Waals surface area contributed by atoms with E-state index >= 15 is 0 Å². The molecule has 2 atom stereocenters. The molecule has 2 unspecified atom stereocenters. The summed E-state index contributed by atoms with van der Waals surface area (Å²) in [5.41, 5.74) is 0.520. The van der Waals surface area contributed by atoms with Gasteiger partial charge < -0.3 is 4.90 Å². The van der Waals surface area contributed by atoms with Crippen molar-refractivity contribution in [3.8, 4) is 0 Å². The zero-order chi connectivity index (χ0) is 17.4. The Kier molecular flexibility index (Phi) is 5.13. The monoisotopic (exact) mass is 339 g/mol. The van der Waals surface area contributed by atoms with E-state index in [1.807, 2.05) is 4.90 Å². The first-order valence-corrected chi connectivity index (χ1v) is 9.12. The maximum atomic E-state index is 12.6. The molecular formula is C16H25N3O3S. The third-order valence-electron chi connectivity index (χ3n) is 4.53. The standard InChI is InChI=1S/C16H25N3O3S/c1-12-10-19(11-13(2)18(12)5)16(20)14-6-8-15(9-7-14)23(21,22)17(3)4/h6-9,12-13H,10-11H2,1-5H3. The predicted octanol–water partition coefficient (Wildman–Crippen LogP) is 1.10. The molecule has 23 heavy (non-hydrogen) atoms. The first kappa shape index (κ1) is 17.9. The molecule has 2 rings (SSSR count). The minimum absolute atomic E-state index is 0.0504. The first-order valence-electron chi connectivity index (χ1n) is 7.68. The Labute approximate surface area is 138 Å². The van der Waals surface area contributed by atoms with Crippen LogP contribution in [0.1, 0.15) is 24.2 Å². The summed E-state index contributed by atoms with van der Waals surface area (Å²) in [6, 6.07) is 6.77. The number of hydrogen-bond acceptors (Lipinski definition) is 4. The molecule has 1 aliphatic rings. The summed E-state index contributed by atoms with van der Waals surface area (Å²) in [5.74, 6) is -0.0504. The molecule has 128 valence electrons. The van der Waals surface area contributed by atoms with Crippen LogP contribution in [-0.2, 0) is 10.0 Å². The van der Waals surface area contributed by atoms with Crippen LogP contribution in [0.15, 0.2) is 29.2 Å². The number of benzene rings is 1. The summed E-state index contributed by atoms with van der Waals surface area (Å²) in [6.45, 7) is 5.56. The highest BCUT2D eigenvalue weighted by molar-refractivity contribution is 7.89. The van der Waals surface area contributed by atoms with Crippen molar-refractivity contribution in [2.45, 2.75) is 30.8 Å². The van der Waals surface area contributed by atoms with E-state index in [1.165, 1.54) is 26.2 Å². The Morgan fingerprint density at radius 2 is 1.57 bits per heavy atom. The highest BCUT2D eigenvalue weighted by Gasteiger charge is 2.30. The summed E-state index contributed by atoms with van der Waals surface area (Å²) in [6.07, 6.45) is 0. The van der Waals surface area contributed by atoms with Gasteiger partial charge in [-0.2, -0.15) is 0 Å². The van der Waals surface area contributed by atoms with Gasteiger partial charge in [0.25, 0.3) is 5.91 Å². The van der Waals surface area contributed by atoms with Crippen LogP contribution in [-0.4, -0.2) is 74.7 Å². The lowest BCUT2D eigenvalue weighted by molar-refractivity contribution is 0.0414. The molecule has 1 aromatic carbocycles. The van der Waals surface area contributed by atoms with Crippen molar-refractivity contribution in [3.63, 3.8) is 0 Å². The largest absolute Gasteiger partial charge is 0.336 e. The predicted molar refractivity (Wildman–Crippen MR) is 89.9 cm³/mol. The Morgan fingerprint density at radius 3 is 2.00 bits per heavy atom. The molecular weight excluding hydrogens is 314 g/mol. The second-order valence-electron chi connectivity index (χ2n) is 6.39. The van der Waals surface area contributed by atoms with Crippen molar-refractivity contribution in [2.24, 2.45) is 0 Å². The van der Waals surface area contributed by atoms with Gasteiger partial charge >= 0.3 is 0 Å². The van der Waals surface area contributed by atoms with E-state index in [-0.39, 0.29) is 10.8 Å². The smallest absolute Gasteiger partial charge is 0.253 e. The van der Waals surface area contributed by atoms with Crippen LogP contribution in [0, 0.1) is 0 Å². The summed E-state index contributed by atoms with van der Waals surface area (Å²) in [5, 5.41) is 0. The fourth-order valence-electron chi connectivity index (χ4n) is 2.73. The molecule has 1 saturated heterocycles. The van der Waals surface area contributed by atoms with Gasteiger partial charge in [-0.1, -0.05) is 0 Å². The van der Waals surface area contributed by atoms with E-state index in [4.69, 9.17) is 0 Å². The zero-order valence-corrected chi connectivity index (χ0v) is 15.2. The molecule has 1 amide bonds. The molecule has 1 heterocycles.